The molecule has 0 N–H and O–H groups in total. The van der Waals surface area contributed by atoms with E-state index in [0.29, 0.717) is 0 Å². The van der Waals surface area contributed by atoms with E-state index in [2.05, 4.69) is 6.92 Å². The van der Waals surface area contributed by atoms with Gasteiger partial charge in [0, 0.05) is 40.6 Å². The summed E-state index contributed by atoms with van der Waals surface area (Å²) in [7, 11) is 2.55. The maximum atomic E-state index is 5.56. The first-order valence-corrected chi connectivity index (χ1v) is 8.41. The van der Waals surface area contributed by atoms with E-state index in [1.54, 1.807) is 21.3 Å². The van der Waals surface area contributed by atoms with Gasteiger partial charge >= 0.3 is 8.80 Å². The number of rotatable bonds is 12. The average Bonchev–Trinajstić information content (AvgIpc) is 2.38. The number of hydrogen-bond acceptors (Lipinski definition) is 4. The molecule has 0 radical (unpaired) electrons. The molecule has 0 unspecified atom stereocenters. The van der Waals surface area contributed by atoms with E-state index < -0.39 is 8.80 Å². The number of ether oxygens (including phenoxy) is 1. The molecule has 0 heterocycles. The van der Waals surface area contributed by atoms with Gasteiger partial charge in [0.1, 0.15) is 0 Å². The first kappa shape index (κ1) is 17.1. The molecule has 104 valence electrons. The Balaban J connectivity index is 3.43. The van der Waals surface area contributed by atoms with Crippen LogP contribution in [0.1, 0.15) is 39.0 Å². The summed E-state index contributed by atoms with van der Waals surface area (Å²) in [6.07, 6.45) is 5.92. The van der Waals surface area contributed by atoms with Crippen LogP contribution in [0.15, 0.2) is 0 Å². The van der Waals surface area contributed by atoms with E-state index in [0.717, 1.165) is 32.1 Å². The molecule has 0 aliphatic heterocycles. The molecular weight excluding hydrogens is 236 g/mol. The molecular formula is C12H28O4Si. The van der Waals surface area contributed by atoms with Gasteiger partial charge in [0.15, 0.2) is 0 Å². The average molecular weight is 264 g/mol. The molecule has 0 aromatic carbocycles. The second kappa shape index (κ2) is 11.2. The maximum Gasteiger partial charge on any atom is 0.500 e. The molecule has 0 aliphatic rings. The molecule has 0 saturated heterocycles. The molecule has 0 saturated carbocycles. The fourth-order valence-corrected chi connectivity index (χ4v) is 3.37. The van der Waals surface area contributed by atoms with Crippen molar-refractivity contribution in [2.45, 2.75) is 45.1 Å². The molecule has 0 spiro atoms. The Hall–Kier alpha value is 0.0569. The lowest BCUT2D eigenvalue weighted by Crippen LogP contribution is -2.42. The molecule has 0 fully saturated rings. The van der Waals surface area contributed by atoms with Crippen LogP contribution in [0.3, 0.4) is 0 Å². The van der Waals surface area contributed by atoms with Crippen molar-refractivity contribution in [3.8, 4) is 0 Å². The minimum atomic E-state index is -2.38. The Morgan fingerprint density at radius 1 is 0.765 bits per heavy atom. The Morgan fingerprint density at radius 3 is 1.88 bits per heavy atom. The third-order valence-corrected chi connectivity index (χ3v) is 5.68. The van der Waals surface area contributed by atoms with Gasteiger partial charge in [0.05, 0.1) is 0 Å². The van der Waals surface area contributed by atoms with Crippen LogP contribution >= 0.6 is 0 Å². The second-order valence-electron chi connectivity index (χ2n) is 4.07. The van der Waals surface area contributed by atoms with Gasteiger partial charge in [0.25, 0.3) is 0 Å². The fraction of sp³-hybridized carbons (Fsp3) is 1.00. The van der Waals surface area contributed by atoms with Crippen molar-refractivity contribution in [3.05, 3.63) is 0 Å². The second-order valence-corrected chi connectivity index (χ2v) is 7.16. The minimum Gasteiger partial charge on any atom is -0.381 e. The SMILES string of the molecule is CCCCCCOCCC[Si](OC)(OC)OC. The van der Waals surface area contributed by atoms with Crippen molar-refractivity contribution in [1.82, 2.24) is 0 Å². The molecule has 0 atom stereocenters. The zero-order valence-corrected chi connectivity index (χ0v) is 12.8. The standard InChI is InChI=1S/C12H28O4Si/c1-5-6-7-8-10-16-11-9-12-17(13-2,14-3)15-4/h5-12H2,1-4H3. The first-order chi connectivity index (χ1) is 8.24. The van der Waals surface area contributed by atoms with Crippen molar-refractivity contribution in [2.24, 2.45) is 0 Å². The summed E-state index contributed by atoms with van der Waals surface area (Å²) in [5, 5.41) is 0. The molecule has 0 aliphatic carbocycles. The van der Waals surface area contributed by atoms with Gasteiger partial charge in [-0.1, -0.05) is 26.2 Å². The number of hydrogen-bond donors (Lipinski definition) is 0. The van der Waals surface area contributed by atoms with E-state index in [9.17, 15) is 0 Å². The predicted molar refractivity (Wildman–Crippen MR) is 71.2 cm³/mol. The topological polar surface area (TPSA) is 36.9 Å². The van der Waals surface area contributed by atoms with Crippen molar-refractivity contribution in [2.75, 3.05) is 34.5 Å². The van der Waals surface area contributed by atoms with Gasteiger partial charge in [-0.2, -0.15) is 0 Å². The lowest BCUT2D eigenvalue weighted by atomic mass is 10.2. The van der Waals surface area contributed by atoms with Gasteiger partial charge in [-0.15, -0.1) is 0 Å². The first-order valence-electron chi connectivity index (χ1n) is 6.48. The minimum absolute atomic E-state index is 0.761. The molecule has 0 bridgehead atoms. The Bertz CT molecular complexity index is 154. The van der Waals surface area contributed by atoms with E-state index in [1.807, 2.05) is 0 Å². The Labute approximate surface area is 107 Å². The summed E-state index contributed by atoms with van der Waals surface area (Å²) in [5.41, 5.74) is 0. The van der Waals surface area contributed by atoms with Crippen molar-refractivity contribution in [3.63, 3.8) is 0 Å². The summed E-state index contributed by atoms with van der Waals surface area (Å²) in [5.74, 6) is 0. The summed E-state index contributed by atoms with van der Waals surface area (Å²) in [6, 6.07) is 0.811. The van der Waals surface area contributed by atoms with Crippen molar-refractivity contribution < 1.29 is 18.0 Å². The van der Waals surface area contributed by atoms with Crippen LogP contribution in [0, 0.1) is 0 Å². The zero-order chi connectivity index (χ0) is 13.0. The molecule has 0 aromatic rings. The van der Waals surface area contributed by atoms with Crippen LogP contribution in [-0.4, -0.2) is 43.3 Å². The lowest BCUT2D eigenvalue weighted by Gasteiger charge is -2.24. The highest BCUT2D eigenvalue weighted by molar-refractivity contribution is 6.60. The van der Waals surface area contributed by atoms with E-state index >= 15 is 0 Å². The molecule has 5 heteroatoms. The van der Waals surface area contributed by atoms with E-state index in [1.165, 1.54) is 19.3 Å². The smallest absolute Gasteiger partial charge is 0.381 e. The van der Waals surface area contributed by atoms with Crippen LogP contribution in [0.5, 0.6) is 0 Å². The fourth-order valence-electron chi connectivity index (χ4n) is 1.68. The maximum absolute atomic E-state index is 5.56. The number of unbranched alkanes of at least 4 members (excludes halogenated alkanes) is 3. The van der Waals surface area contributed by atoms with E-state index in [-0.39, 0.29) is 0 Å². The van der Waals surface area contributed by atoms with Gasteiger partial charge in [-0.25, -0.2) is 0 Å². The molecule has 0 aromatic heterocycles. The van der Waals surface area contributed by atoms with Crippen LogP contribution < -0.4 is 0 Å². The Kier molecular flexibility index (Phi) is 11.2. The summed E-state index contributed by atoms with van der Waals surface area (Å²) in [4.78, 5) is 0. The lowest BCUT2D eigenvalue weighted by molar-refractivity contribution is 0.106. The highest BCUT2D eigenvalue weighted by Crippen LogP contribution is 2.14. The molecule has 4 nitrogen and oxygen atoms in total. The highest BCUT2D eigenvalue weighted by atomic mass is 28.4. The van der Waals surface area contributed by atoms with E-state index in [4.69, 9.17) is 18.0 Å². The normalized spacial score (nSPS) is 12.0. The monoisotopic (exact) mass is 264 g/mol. The molecule has 0 amide bonds. The zero-order valence-electron chi connectivity index (χ0n) is 11.8. The predicted octanol–water partition coefficient (Wildman–Crippen LogP) is 2.85. The van der Waals surface area contributed by atoms with Gasteiger partial charge in [-0.05, 0) is 12.8 Å². The quantitative estimate of drug-likeness (QED) is 0.401. The summed E-state index contributed by atoms with van der Waals surface area (Å²) in [6.45, 7) is 3.84. The Morgan fingerprint density at radius 2 is 1.35 bits per heavy atom. The highest BCUT2D eigenvalue weighted by Gasteiger charge is 2.36. The third-order valence-electron chi connectivity index (χ3n) is 2.85. The largest absolute Gasteiger partial charge is 0.500 e. The van der Waals surface area contributed by atoms with Gasteiger partial charge < -0.3 is 18.0 Å². The van der Waals surface area contributed by atoms with Gasteiger partial charge in [0.2, 0.25) is 0 Å². The van der Waals surface area contributed by atoms with Gasteiger partial charge in [-0.3, -0.25) is 0 Å². The summed E-state index contributed by atoms with van der Waals surface area (Å²) >= 11 is 0. The molecule has 0 rings (SSSR count). The van der Waals surface area contributed by atoms with Crippen LogP contribution in [0.4, 0.5) is 0 Å². The van der Waals surface area contributed by atoms with Crippen molar-refractivity contribution >= 4 is 8.80 Å². The van der Waals surface area contributed by atoms with Crippen LogP contribution in [0.25, 0.3) is 0 Å². The van der Waals surface area contributed by atoms with Crippen LogP contribution in [-0.2, 0) is 18.0 Å². The van der Waals surface area contributed by atoms with Crippen molar-refractivity contribution in [1.29, 1.82) is 0 Å². The molecule has 17 heavy (non-hydrogen) atoms. The third kappa shape index (κ3) is 7.89. The summed E-state index contributed by atoms with van der Waals surface area (Å²) < 4.78 is 21.6. The van der Waals surface area contributed by atoms with Crippen LogP contribution in [0.2, 0.25) is 6.04 Å².